The summed E-state index contributed by atoms with van der Waals surface area (Å²) < 4.78 is 27.7. The number of benzene rings is 1. The summed E-state index contributed by atoms with van der Waals surface area (Å²) in [4.78, 5) is 0.245. The molecule has 0 unspecified atom stereocenters. The molecule has 0 bridgehead atoms. The van der Waals surface area contributed by atoms with Gasteiger partial charge in [-0.3, -0.25) is 0 Å². The van der Waals surface area contributed by atoms with E-state index in [9.17, 15) is 13.5 Å². The Kier molecular flexibility index (Phi) is 5.13. The molecule has 0 spiro atoms. The fourth-order valence-electron chi connectivity index (χ4n) is 2.60. The van der Waals surface area contributed by atoms with E-state index in [1.165, 1.54) is 0 Å². The van der Waals surface area contributed by atoms with Gasteiger partial charge in [0.05, 0.1) is 11.5 Å². The lowest BCUT2D eigenvalue weighted by Crippen LogP contribution is -2.42. The van der Waals surface area contributed by atoms with Gasteiger partial charge in [-0.05, 0) is 51.9 Å². The summed E-state index contributed by atoms with van der Waals surface area (Å²) in [5, 5.41) is 9.21. The number of piperidine rings is 1. The zero-order valence-corrected chi connectivity index (χ0v) is 14.9. The number of aliphatic hydroxyl groups excluding tert-OH is 1. The zero-order chi connectivity index (χ0) is 15.7. The van der Waals surface area contributed by atoms with E-state index in [1.54, 1.807) is 22.5 Å². The maximum Gasteiger partial charge on any atom is 0.244 e. The molecule has 1 heterocycles. The second-order valence-corrected chi connectivity index (χ2v) is 8.75. The van der Waals surface area contributed by atoms with Crippen LogP contribution in [0.3, 0.4) is 0 Å². The van der Waals surface area contributed by atoms with Crippen LogP contribution in [-0.2, 0) is 16.6 Å². The summed E-state index contributed by atoms with van der Waals surface area (Å²) in [5.41, 5.74) is 0.850. The van der Waals surface area contributed by atoms with Crippen molar-refractivity contribution < 1.29 is 13.5 Å². The van der Waals surface area contributed by atoms with Gasteiger partial charge in [-0.25, -0.2) is 8.42 Å². The fraction of sp³-hybridized carbons (Fsp3) is 0.600. The molecule has 118 valence electrons. The minimum Gasteiger partial charge on any atom is -0.392 e. The molecular formula is C15H22BrNO3S. The van der Waals surface area contributed by atoms with Crippen LogP contribution in [0.5, 0.6) is 0 Å². The molecule has 1 aromatic carbocycles. The fourth-order valence-corrected chi connectivity index (χ4v) is 5.02. The highest BCUT2D eigenvalue weighted by Crippen LogP contribution is 2.36. The van der Waals surface area contributed by atoms with E-state index in [1.807, 2.05) is 0 Å². The van der Waals surface area contributed by atoms with Crippen LogP contribution in [0.4, 0.5) is 0 Å². The van der Waals surface area contributed by atoms with Gasteiger partial charge in [-0.1, -0.05) is 26.3 Å². The van der Waals surface area contributed by atoms with Crippen molar-refractivity contribution in [2.24, 2.45) is 5.41 Å². The van der Waals surface area contributed by atoms with Crippen LogP contribution in [0.25, 0.3) is 0 Å². The standard InChI is InChI=1S/C15H22BrNO3S/c1-3-15(2)6-8-17(9-7-15)21(19,20)14-10-12(11-18)4-5-13(14)16/h4-5,10,18H,3,6-9,11H2,1-2H3. The van der Waals surface area contributed by atoms with Crippen molar-refractivity contribution in [2.45, 2.75) is 44.6 Å². The molecule has 1 fully saturated rings. The predicted octanol–water partition coefficient (Wildman–Crippen LogP) is 3.14. The topological polar surface area (TPSA) is 57.6 Å². The van der Waals surface area contributed by atoms with Crippen molar-refractivity contribution in [1.82, 2.24) is 4.31 Å². The molecule has 2 rings (SSSR count). The molecule has 21 heavy (non-hydrogen) atoms. The van der Waals surface area contributed by atoms with E-state index in [0.29, 0.717) is 23.1 Å². The van der Waals surface area contributed by atoms with Crippen molar-refractivity contribution in [1.29, 1.82) is 0 Å². The molecule has 1 N–H and O–H groups in total. The number of rotatable bonds is 4. The lowest BCUT2D eigenvalue weighted by atomic mass is 9.79. The molecule has 1 saturated heterocycles. The molecule has 0 saturated carbocycles. The van der Waals surface area contributed by atoms with E-state index in [0.717, 1.165) is 19.3 Å². The van der Waals surface area contributed by atoms with Crippen LogP contribution in [0.2, 0.25) is 0 Å². The number of aliphatic hydroxyl groups is 1. The van der Waals surface area contributed by atoms with Crippen LogP contribution in [0, 0.1) is 5.41 Å². The number of hydrogen-bond donors (Lipinski definition) is 1. The Labute approximate surface area is 135 Å². The Hall–Kier alpha value is -0.430. The average molecular weight is 376 g/mol. The second kappa shape index (κ2) is 6.36. The Morgan fingerprint density at radius 3 is 2.48 bits per heavy atom. The van der Waals surface area contributed by atoms with E-state index in [-0.39, 0.29) is 16.9 Å². The van der Waals surface area contributed by atoms with Gasteiger partial charge in [0.15, 0.2) is 0 Å². The summed E-state index contributed by atoms with van der Waals surface area (Å²) in [6.45, 7) is 5.33. The van der Waals surface area contributed by atoms with Crippen LogP contribution in [0.1, 0.15) is 38.7 Å². The summed E-state index contributed by atoms with van der Waals surface area (Å²) in [5.74, 6) is 0. The monoisotopic (exact) mass is 375 g/mol. The van der Waals surface area contributed by atoms with Gasteiger partial charge in [0.2, 0.25) is 10.0 Å². The Balaban J connectivity index is 2.27. The quantitative estimate of drug-likeness (QED) is 0.878. The highest BCUT2D eigenvalue weighted by Gasteiger charge is 2.35. The van der Waals surface area contributed by atoms with Gasteiger partial charge < -0.3 is 5.11 Å². The molecule has 1 aliphatic rings. The van der Waals surface area contributed by atoms with Crippen molar-refractivity contribution in [3.8, 4) is 0 Å². The van der Waals surface area contributed by atoms with Crippen LogP contribution < -0.4 is 0 Å². The summed E-state index contributed by atoms with van der Waals surface area (Å²) in [6, 6.07) is 4.94. The Morgan fingerprint density at radius 1 is 1.33 bits per heavy atom. The molecule has 0 aromatic heterocycles. The highest BCUT2D eigenvalue weighted by molar-refractivity contribution is 9.10. The van der Waals surface area contributed by atoms with E-state index < -0.39 is 10.0 Å². The second-order valence-electron chi connectivity index (χ2n) is 5.99. The van der Waals surface area contributed by atoms with Crippen LogP contribution in [-0.4, -0.2) is 30.9 Å². The van der Waals surface area contributed by atoms with Crippen molar-refractivity contribution >= 4 is 26.0 Å². The van der Waals surface area contributed by atoms with Crippen molar-refractivity contribution in [3.05, 3.63) is 28.2 Å². The molecule has 6 heteroatoms. The maximum absolute atomic E-state index is 12.8. The van der Waals surface area contributed by atoms with Crippen molar-refractivity contribution in [3.63, 3.8) is 0 Å². The largest absolute Gasteiger partial charge is 0.392 e. The molecule has 0 radical (unpaired) electrons. The lowest BCUT2D eigenvalue weighted by molar-refractivity contribution is 0.169. The van der Waals surface area contributed by atoms with Crippen LogP contribution >= 0.6 is 15.9 Å². The summed E-state index contributed by atoms with van der Waals surface area (Å²) in [6.07, 6.45) is 2.85. The number of nitrogens with zero attached hydrogens (tertiary/aromatic N) is 1. The van der Waals surface area contributed by atoms with Gasteiger partial charge in [-0.15, -0.1) is 0 Å². The third-order valence-electron chi connectivity index (χ3n) is 4.58. The first-order valence-electron chi connectivity index (χ1n) is 7.22. The molecule has 4 nitrogen and oxygen atoms in total. The predicted molar refractivity (Wildman–Crippen MR) is 86.5 cm³/mol. The lowest BCUT2D eigenvalue weighted by Gasteiger charge is -2.38. The SMILES string of the molecule is CCC1(C)CCN(S(=O)(=O)c2cc(CO)ccc2Br)CC1. The highest BCUT2D eigenvalue weighted by atomic mass is 79.9. The van der Waals surface area contributed by atoms with Gasteiger partial charge in [0.1, 0.15) is 0 Å². The summed E-state index contributed by atoms with van der Waals surface area (Å²) in [7, 11) is -3.51. The number of halogens is 1. The Bertz CT molecular complexity index is 607. The Morgan fingerprint density at radius 2 is 1.95 bits per heavy atom. The molecule has 0 amide bonds. The zero-order valence-electron chi connectivity index (χ0n) is 12.5. The van der Waals surface area contributed by atoms with Gasteiger partial charge in [-0.2, -0.15) is 4.31 Å². The van der Waals surface area contributed by atoms with Gasteiger partial charge in [0, 0.05) is 17.6 Å². The smallest absolute Gasteiger partial charge is 0.244 e. The molecule has 1 aromatic rings. The van der Waals surface area contributed by atoms with Crippen molar-refractivity contribution in [2.75, 3.05) is 13.1 Å². The first-order valence-corrected chi connectivity index (χ1v) is 9.45. The molecule has 0 atom stereocenters. The molecule has 1 aliphatic heterocycles. The van der Waals surface area contributed by atoms with Gasteiger partial charge in [0.25, 0.3) is 0 Å². The number of sulfonamides is 1. The molecule has 0 aliphatic carbocycles. The first kappa shape index (κ1) is 16.9. The van der Waals surface area contributed by atoms with E-state index >= 15 is 0 Å². The molecular weight excluding hydrogens is 354 g/mol. The minimum absolute atomic E-state index is 0.163. The number of hydrogen-bond acceptors (Lipinski definition) is 3. The first-order chi connectivity index (χ1) is 9.82. The third kappa shape index (κ3) is 3.50. The normalized spacial score (nSPS) is 19.6. The van der Waals surface area contributed by atoms with E-state index in [2.05, 4.69) is 29.8 Å². The summed E-state index contributed by atoms with van der Waals surface area (Å²) >= 11 is 3.31. The van der Waals surface area contributed by atoms with Crippen LogP contribution in [0.15, 0.2) is 27.6 Å². The third-order valence-corrected chi connectivity index (χ3v) is 7.47. The van der Waals surface area contributed by atoms with E-state index in [4.69, 9.17) is 0 Å². The van der Waals surface area contributed by atoms with Gasteiger partial charge >= 0.3 is 0 Å². The minimum atomic E-state index is -3.51. The maximum atomic E-state index is 12.8. The average Bonchev–Trinajstić information content (AvgIpc) is 2.48.